The number of morpholine rings is 1. The zero-order chi connectivity index (χ0) is 17.6. The van der Waals surface area contributed by atoms with E-state index in [0.29, 0.717) is 30.6 Å². The van der Waals surface area contributed by atoms with E-state index in [1.165, 1.54) is 11.8 Å². The molecule has 0 unspecified atom stereocenters. The highest BCUT2D eigenvalue weighted by Gasteiger charge is 2.23. The molecule has 134 valence electrons. The van der Waals surface area contributed by atoms with Crippen LogP contribution in [0, 0.1) is 0 Å². The highest BCUT2D eigenvalue weighted by atomic mass is 32.2. The van der Waals surface area contributed by atoms with Crippen molar-refractivity contribution in [2.24, 2.45) is 0 Å². The van der Waals surface area contributed by atoms with Gasteiger partial charge in [-0.3, -0.25) is 9.36 Å². The quantitative estimate of drug-likeness (QED) is 0.732. The Balaban J connectivity index is 1.64. The lowest BCUT2D eigenvalue weighted by atomic mass is 10.2. The number of thioether (sulfide) groups is 1. The van der Waals surface area contributed by atoms with Crippen LogP contribution in [0.4, 0.5) is 0 Å². The fraction of sp³-hybridized carbons (Fsp3) is 0.471. The average Bonchev–Trinajstić information content (AvgIpc) is 3.14. The normalized spacial score (nSPS) is 17.5. The van der Waals surface area contributed by atoms with E-state index in [-0.39, 0.29) is 12.0 Å². The Kier molecular flexibility index (Phi) is 5.93. The summed E-state index contributed by atoms with van der Waals surface area (Å²) in [6.07, 6.45) is 2.70. The molecule has 0 radical (unpaired) electrons. The standard InChI is InChI=1S/C17H22N4O3S/c1-3-14-10-20(7-8-24-14)16(22)11-25-17-19-18-12-21(17)13-5-4-6-15(9-13)23-2/h4-6,9,12,14H,3,7-8,10-11H2,1-2H3/t14-/m1/s1. The molecule has 1 aromatic carbocycles. The lowest BCUT2D eigenvalue weighted by Crippen LogP contribution is -2.46. The largest absolute Gasteiger partial charge is 0.497 e. The molecule has 7 nitrogen and oxygen atoms in total. The predicted molar refractivity (Wildman–Crippen MR) is 95.2 cm³/mol. The summed E-state index contributed by atoms with van der Waals surface area (Å²) in [6, 6.07) is 7.65. The van der Waals surface area contributed by atoms with Gasteiger partial charge in [0.2, 0.25) is 5.91 Å². The Morgan fingerprint density at radius 3 is 3.16 bits per heavy atom. The van der Waals surface area contributed by atoms with Crippen molar-refractivity contribution < 1.29 is 14.3 Å². The molecule has 1 atom stereocenters. The van der Waals surface area contributed by atoms with Crippen molar-refractivity contribution in [2.45, 2.75) is 24.6 Å². The van der Waals surface area contributed by atoms with E-state index in [4.69, 9.17) is 9.47 Å². The van der Waals surface area contributed by atoms with E-state index in [2.05, 4.69) is 17.1 Å². The van der Waals surface area contributed by atoms with Crippen molar-refractivity contribution in [2.75, 3.05) is 32.6 Å². The fourth-order valence-electron chi connectivity index (χ4n) is 2.67. The van der Waals surface area contributed by atoms with Gasteiger partial charge in [0.15, 0.2) is 5.16 Å². The van der Waals surface area contributed by atoms with E-state index < -0.39 is 0 Å². The maximum Gasteiger partial charge on any atom is 0.233 e. The molecule has 8 heteroatoms. The SMILES string of the molecule is CC[C@@H]1CN(C(=O)CSc2nncn2-c2cccc(OC)c2)CCO1. The molecule has 2 aromatic rings. The van der Waals surface area contributed by atoms with Crippen molar-refractivity contribution in [1.29, 1.82) is 0 Å². The van der Waals surface area contributed by atoms with Gasteiger partial charge in [-0.05, 0) is 18.6 Å². The topological polar surface area (TPSA) is 69.5 Å². The van der Waals surface area contributed by atoms with Gasteiger partial charge in [-0.2, -0.15) is 0 Å². The van der Waals surface area contributed by atoms with Crippen molar-refractivity contribution in [3.05, 3.63) is 30.6 Å². The van der Waals surface area contributed by atoms with Gasteiger partial charge in [-0.15, -0.1) is 10.2 Å². The van der Waals surface area contributed by atoms with Crippen molar-refractivity contribution in [3.8, 4) is 11.4 Å². The van der Waals surface area contributed by atoms with E-state index in [9.17, 15) is 4.79 Å². The van der Waals surface area contributed by atoms with Gasteiger partial charge in [0, 0.05) is 19.2 Å². The Morgan fingerprint density at radius 1 is 1.48 bits per heavy atom. The van der Waals surface area contributed by atoms with Crippen molar-refractivity contribution >= 4 is 17.7 Å². The molecule has 0 aliphatic carbocycles. The van der Waals surface area contributed by atoms with Crippen LogP contribution in [0.15, 0.2) is 35.7 Å². The van der Waals surface area contributed by atoms with E-state index in [0.717, 1.165) is 17.9 Å². The first-order chi connectivity index (χ1) is 12.2. The number of carbonyl (C=O) groups is 1. The van der Waals surface area contributed by atoms with Gasteiger partial charge in [0.1, 0.15) is 12.1 Å². The van der Waals surface area contributed by atoms with Gasteiger partial charge < -0.3 is 14.4 Å². The lowest BCUT2D eigenvalue weighted by molar-refractivity contribution is -0.135. The van der Waals surface area contributed by atoms with Gasteiger partial charge in [-0.25, -0.2) is 0 Å². The maximum absolute atomic E-state index is 12.5. The summed E-state index contributed by atoms with van der Waals surface area (Å²) in [5.41, 5.74) is 0.900. The Labute approximate surface area is 151 Å². The molecule has 1 fully saturated rings. The molecule has 1 aliphatic rings. The van der Waals surface area contributed by atoms with Crippen molar-refractivity contribution in [3.63, 3.8) is 0 Å². The van der Waals surface area contributed by atoms with Gasteiger partial charge in [0.25, 0.3) is 0 Å². The zero-order valence-corrected chi connectivity index (χ0v) is 15.2. The lowest BCUT2D eigenvalue weighted by Gasteiger charge is -2.32. The number of rotatable bonds is 6. The van der Waals surface area contributed by atoms with E-state index >= 15 is 0 Å². The fourth-order valence-corrected chi connectivity index (χ4v) is 3.50. The van der Waals surface area contributed by atoms with Crippen LogP contribution in [0.1, 0.15) is 13.3 Å². The highest BCUT2D eigenvalue weighted by molar-refractivity contribution is 7.99. The summed E-state index contributed by atoms with van der Waals surface area (Å²) in [6.45, 7) is 4.00. The molecular weight excluding hydrogens is 340 g/mol. The predicted octanol–water partition coefficient (Wildman–Crippen LogP) is 2.01. The third-order valence-corrected chi connectivity index (χ3v) is 5.05. The van der Waals surface area contributed by atoms with Gasteiger partial charge in [-0.1, -0.05) is 24.8 Å². The summed E-state index contributed by atoms with van der Waals surface area (Å²) >= 11 is 1.39. The zero-order valence-electron chi connectivity index (χ0n) is 14.4. The van der Waals surface area contributed by atoms with Crippen LogP contribution in [-0.2, 0) is 9.53 Å². The minimum atomic E-state index is 0.104. The summed E-state index contributed by atoms with van der Waals surface area (Å²) < 4.78 is 12.7. The Hall–Kier alpha value is -2.06. The summed E-state index contributed by atoms with van der Waals surface area (Å²) in [4.78, 5) is 14.3. The Morgan fingerprint density at radius 2 is 2.36 bits per heavy atom. The third-order valence-electron chi connectivity index (χ3n) is 4.12. The second-order valence-electron chi connectivity index (χ2n) is 5.71. The number of ether oxygens (including phenoxy) is 2. The van der Waals surface area contributed by atoms with Crippen LogP contribution < -0.4 is 4.74 Å². The molecule has 0 bridgehead atoms. The molecule has 0 spiro atoms. The number of methoxy groups -OCH3 is 1. The number of benzene rings is 1. The number of hydrogen-bond acceptors (Lipinski definition) is 6. The Bertz CT molecular complexity index is 721. The average molecular weight is 362 g/mol. The summed E-state index contributed by atoms with van der Waals surface area (Å²) in [7, 11) is 1.63. The molecule has 2 heterocycles. The van der Waals surface area contributed by atoms with Crippen LogP contribution in [0.2, 0.25) is 0 Å². The first-order valence-electron chi connectivity index (χ1n) is 8.28. The molecular formula is C17H22N4O3S. The van der Waals surface area contributed by atoms with E-state index in [1.807, 2.05) is 33.7 Å². The molecule has 3 rings (SSSR count). The van der Waals surface area contributed by atoms with Gasteiger partial charge in [0.05, 0.1) is 31.3 Å². The monoisotopic (exact) mass is 362 g/mol. The van der Waals surface area contributed by atoms with Gasteiger partial charge >= 0.3 is 0 Å². The molecule has 1 aliphatic heterocycles. The maximum atomic E-state index is 12.5. The first kappa shape index (κ1) is 17.8. The minimum absolute atomic E-state index is 0.104. The van der Waals surface area contributed by atoms with Crippen molar-refractivity contribution in [1.82, 2.24) is 19.7 Å². The van der Waals surface area contributed by atoms with Crippen LogP contribution in [0.25, 0.3) is 5.69 Å². The molecule has 1 saturated heterocycles. The summed E-state index contributed by atoms with van der Waals surface area (Å²) in [5, 5.41) is 8.79. The number of nitrogens with zero attached hydrogens (tertiary/aromatic N) is 4. The second-order valence-corrected chi connectivity index (χ2v) is 6.66. The molecule has 0 N–H and O–H groups in total. The third kappa shape index (κ3) is 4.32. The molecule has 25 heavy (non-hydrogen) atoms. The summed E-state index contributed by atoms with van der Waals surface area (Å²) in [5.74, 6) is 1.20. The van der Waals surface area contributed by atoms with Crippen LogP contribution in [-0.4, -0.2) is 64.2 Å². The number of aromatic nitrogens is 3. The highest BCUT2D eigenvalue weighted by Crippen LogP contribution is 2.23. The number of hydrogen-bond donors (Lipinski definition) is 0. The number of carbonyl (C=O) groups excluding carboxylic acids is 1. The second kappa shape index (κ2) is 8.35. The first-order valence-corrected chi connectivity index (χ1v) is 9.26. The van der Waals surface area contributed by atoms with Crippen LogP contribution in [0.3, 0.4) is 0 Å². The van der Waals surface area contributed by atoms with E-state index in [1.54, 1.807) is 13.4 Å². The van der Waals surface area contributed by atoms with Crippen LogP contribution in [0.5, 0.6) is 5.75 Å². The molecule has 1 amide bonds. The minimum Gasteiger partial charge on any atom is -0.497 e. The molecule has 1 aromatic heterocycles. The molecule has 0 saturated carbocycles. The smallest absolute Gasteiger partial charge is 0.233 e. The number of amides is 1. The van der Waals surface area contributed by atoms with Crippen LogP contribution >= 0.6 is 11.8 Å².